The summed E-state index contributed by atoms with van der Waals surface area (Å²) in [7, 11) is 2.33. The Kier molecular flexibility index (Phi) is 7.88. The summed E-state index contributed by atoms with van der Waals surface area (Å²) in [4.78, 5) is 47.5. The fraction of sp³-hybridized carbons (Fsp3) is 0.250. The number of nitrogens with one attached hydrogen (secondary N) is 1. The lowest BCUT2D eigenvalue weighted by atomic mass is 9.88. The van der Waals surface area contributed by atoms with E-state index in [1.165, 1.54) is 43.5 Å². The Bertz CT molecular complexity index is 946. The first-order valence-electron chi connectivity index (χ1n) is 8.72. The van der Waals surface area contributed by atoms with Gasteiger partial charge in [0.1, 0.15) is 6.04 Å². The van der Waals surface area contributed by atoms with Crippen LogP contribution in [0.3, 0.4) is 0 Å². The molecule has 158 valence electrons. The highest BCUT2D eigenvalue weighted by molar-refractivity contribution is 6.33. The van der Waals surface area contributed by atoms with Crippen molar-refractivity contribution >= 4 is 35.1 Å². The molecule has 0 saturated carbocycles. The summed E-state index contributed by atoms with van der Waals surface area (Å²) >= 11 is 6.05. The number of esters is 2. The quantitative estimate of drug-likeness (QED) is 0.384. The van der Waals surface area contributed by atoms with Crippen molar-refractivity contribution in [2.24, 2.45) is 0 Å². The van der Waals surface area contributed by atoms with Gasteiger partial charge < -0.3 is 14.8 Å². The second-order valence-electron chi connectivity index (χ2n) is 6.19. The van der Waals surface area contributed by atoms with E-state index in [0.717, 1.165) is 7.11 Å². The van der Waals surface area contributed by atoms with Gasteiger partial charge in [0, 0.05) is 18.1 Å². The van der Waals surface area contributed by atoms with Crippen LogP contribution in [0.5, 0.6) is 0 Å². The summed E-state index contributed by atoms with van der Waals surface area (Å²) in [6, 6.07) is 10.3. The van der Waals surface area contributed by atoms with E-state index in [1.54, 1.807) is 12.1 Å². The largest absolute Gasteiger partial charge is 0.469 e. The predicted octanol–water partition coefficient (Wildman–Crippen LogP) is 2.87. The van der Waals surface area contributed by atoms with E-state index >= 15 is 0 Å². The monoisotopic (exact) mass is 434 g/mol. The Labute approximate surface area is 177 Å². The number of carbonyl (C=O) groups is 3. The Balaban J connectivity index is 2.44. The van der Waals surface area contributed by atoms with Gasteiger partial charge in [0.25, 0.3) is 11.6 Å². The molecule has 2 aromatic carbocycles. The number of carbonyl (C=O) groups excluding carboxylic acids is 3. The molecule has 30 heavy (non-hydrogen) atoms. The van der Waals surface area contributed by atoms with Crippen LogP contribution in [0.15, 0.2) is 48.5 Å². The van der Waals surface area contributed by atoms with Crippen molar-refractivity contribution in [2.75, 3.05) is 14.2 Å². The molecule has 0 heterocycles. The third kappa shape index (κ3) is 5.54. The number of amides is 1. The normalized spacial score (nSPS) is 12.4. The number of non-ortho nitro benzene ring substituents is 1. The molecule has 2 aromatic rings. The van der Waals surface area contributed by atoms with Crippen LogP contribution < -0.4 is 5.32 Å². The van der Waals surface area contributed by atoms with E-state index < -0.39 is 34.7 Å². The average molecular weight is 435 g/mol. The fourth-order valence-corrected chi connectivity index (χ4v) is 3.07. The number of benzene rings is 2. The lowest BCUT2D eigenvalue weighted by molar-refractivity contribution is -0.384. The van der Waals surface area contributed by atoms with Gasteiger partial charge in [-0.3, -0.25) is 19.7 Å². The molecule has 2 rings (SSSR count). The zero-order valence-corrected chi connectivity index (χ0v) is 16.9. The predicted molar refractivity (Wildman–Crippen MR) is 107 cm³/mol. The molecule has 0 aromatic heterocycles. The number of nitrogens with zero attached hydrogens (tertiary/aromatic N) is 1. The molecule has 0 aliphatic heterocycles. The van der Waals surface area contributed by atoms with Crippen molar-refractivity contribution in [2.45, 2.75) is 18.4 Å². The van der Waals surface area contributed by atoms with Gasteiger partial charge in [-0.1, -0.05) is 35.9 Å². The van der Waals surface area contributed by atoms with Crippen LogP contribution in [0.25, 0.3) is 0 Å². The van der Waals surface area contributed by atoms with Crippen LogP contribution in [0, 0.1) is 10.1 Å². The van der Waals surface area contributed by atoms with Crippen LogP contribution in [0.1, 0.15) is 28.3 Å². The lowest BCUT2D eigenvalue weighted by Crippen LogP contribution is -2.46. The molecule has 1 N–H and O–H groups in total. The number of nitro groups is 1. The van der Waals surface area contributed by atoms with Gasteiger partial charge in [0.2, 0.25) is 0 Å². The topological polar surface area (TPSA) is 125 Å². The molecular weight excluding hydrogens is 416 g/mol. The van der Waals surface area contributed by atoms with Gasteiger partial charge in [0.15, 0.2) is 0 Å². The number of hydrogen-bond donors (Lipinski definition) is 1. The highest BCUT2D eigenvalue weighted by Gasteiger charge is 2.34. The summed E-state index contributed by atoms with van der Waals surface area (Å²) in [5.41, 5.74) is 0.375. The van der Waals surface area contributed by atoms with Gasteiger partial charge in [-0.2, -0.15) is 0 Å². The van der Waals surface area contributed by atoms with Crippen LogP contribution in [0.4, 0.5) is 5.69 Å². The first kappa shape index (κ1) is 22.8. The van der Waals surface area contributed by atoms with Gasteiger partial charge in [-0.05, 0) is 17.7 Å². The van der Waals surface area contributed by atoms with E-state index in [4.69, 9.17) is 21.1 Å². The van der Waals surface area contributed by atoms with Crippen LogP contribution in [-0.4, -0.2) is 43.0 Å². The van der Waals surface area contributed by atoms with Crippen molar-refractivity contribution in [1.29, 1.82) is 0 Å². The smallest absolute Gasteiger partial charge is 0.329 e. The van der Waals surface area contributed by atoms with E-state index in [1.807, 2.05) is 0 Å². The minimum atomic E-state index is -1.28. The molecule has 0 aliphatic rings. The molecule has 0 unspecified atom stereocenters. The average Bonchev–Trinajstić information content (AvgIpc) is 2.75. The maximum absolute atomic E-state index is 12.7. The number of nitro benzene ring substituents is 1. The van der Waals surface area contributed by atoms with E-state index in [0.29, 0.717) is 5.56 Å². The maximum Gasteiger partial charge on any atom is 0.329 e. The van der Waals surface area contributed by atoms with E-state index in [9.17, 15) is 24.5 Å². The molecule has 0 aliphatic carbocycles. The third-order valence-corrected chi connectivity index (χ3v) is 4.74. The molecular formula is C20H19ClN2O7. The Morgan fingerprint density at radius 3 is 2.23 bits per heavy atom. The van der Waals surface area contributed by atoms with Crippen LogP contribution in [0.2, 0.25) is 5.02 Å². The van der Waals surface area contributed by atoms with E-state index in [-0.39, 0.29) is 22.7 Å². The number of ether oxygens (including phenoxy) is 2. The summed E-state index contributed by atoms with van der Waals surface area (Å²) < 4.78 is 9.52. The van der Waals surface area contributed by atoms with E-state index in [2.05, 4.69) is 5.32 Å². The Hall–Kier alpha value is -3.46. The molecule has 0 fully saturated rings. The summed E-state index contributed by atoms with van der Waals surface area (Å²) in [6.45, 7) is 0. The molecule has 0 bridgehead atoms. The van der Waals surface area contributed by atoms with Crippen molar-refractivity contribution in [3.05, 3.63) is 74.8 Å². The zero-order valence-electron chi connectivity index (χ0n) is 16.2. The zero-order chi connectivity index (χ0) is 22.3. The van der Waals surface area contributed by atoms with Crippen molar-refractivity contribution in [3.8, 4) is 0 Å². The molecule has 0 spiro atoms. The van der Waals surface area contributed by atoms with Crippen molar-refractivity contribution in [3.63, 3.8) is 0 Å². The molecule has 2 atom stereocenters. The Morgan fingerprint density at radius 1 is 1.07 bits per heavy atom. The molecule has 0 saturated heterocycles. The summed E-state index contributed by atoms with van der Waals surface area (Å²) in [5, 5.41) is 13.6. The first-order chi connectivity index (χ1) is 14.3. The molecule has 10 heteroatoms. The first-order valence-corrected chi connectivity index (χ1v) is 9.10. The SMILES string of the molecule is COC(=O)C[C@@H](c1ccc([N+](=O)[O-])cc1)[C@@H](NC(=O)c1ccccc1Cl)C(=O)OC. The lowest BCUT2D eigenvalue weighted by Gasteiger charge is -2.26. The Morgan fingerprint density at radius 2 is 1.70 bits per heavy atom. The van der Waals surface area contributed by atoms with Crippen LogP contribution in [-0.2, 0) is 19.1 Å². The van der Waals surface area contributed by atoms with Crippen molar-refractivity contribution < 1.29 is 28.8 Å². The van der Waals surface area contributed by atoms with Gasteiger partial charge in [-0.25, -0.2) is 4.79 Å². The summed E-state index contributed by atoms with van der Waals surface area (Å²) in [6.07, 6.45) is -0.281. The number of rotatable bonds is 8. The van der Waals surface area contributed by atoms with Gasteiger partial charge in [-0.15, -0.1) is 0 Å². The second-order valence-corrected chi connectivity index (χ2v) is 6.60. The second kappa shape index (κ2) is 10.4. The standard InChI is InChI=1S/C20H19ClN2O7/c1-29-17(24)11-15(12-7-9-13(10-8-12)23(27)28)18(20(26)30-2)22-19(25)14-5-3-4-6-16(14)21/h3-10,15,18H,11H2,1-2H3,(H,22,25)/t15-,18+/m0/s1. The van der Waals surface area contributed by atoms with Gasteiger partial charge in [0.05, 0.1) is 36.1 Å². The molecule has 1 amide bonds. The fourth-order valence-electron chi connectivity index (χ4n) is 2.85. The highest BCUT2D eigenvalue weighted by Crippen LogP contribution is 2.28. The maximum atomic E-state index is 12.7. The minimum Gasteiger partial charge on any atom is -0.469 e. The molecule has 0 radical (unpaired) electrons. The highest BCUT2D eigenvalue weighted by atomic mass is 35.5. The van der Waals surface area contributed by atoms with Crippen LogP contribution >= 0.6 is 11.6 Å². The van der Waals surface area contributed by atoms with Gasteiger partial charge >= 0.3 is 11.9 Å². The number of hydrogen-bond acceptors (Lipinski definition) is 7. The summed E-state index contributed by atoms with van der Waals surface area (Å²) in [5.74, 6) is -2.99. The third-order valence-electron chi connectivity index (χ3n) is 4.41. The minimum absolute atomic E-state index is 0.133. The van der Waals surface area contributed by atoms with Crippen molar-refractivity contribution in [1.82, 2.24) is 5.32 Å². The number of halogens is 1. The number of methoxy groups -OCH3 is 2. The molecule has 9 nitrogen and oxygen atoms in total.